The quantitative estimate of drug-likeness (QED) is 0.755. The first-order chi connectivity index (χ1) is 9.24. The van der Waals surface area contributed by atoms with Gasteiger partial charge in [-0.3, -0.25) is 4.79 Å². The Morgan fingerprint density at radius 1 is 1.58 bits per heavy atom. The normalized spacial score (nSPS) is 16.3. The fraction of sp³-hybridized carbons (Fsp3) is 0.714. The van der Waals surface area contributed by atoms with Crippen molar-refractivity contribution in [1.29, 1.82) is 0 Å². The third kappa shape index (κ3) is 4.06. The summed E-state index contributed by atoms with van der Waals surface area (Å²) in [6.07, 6.45) is 5.04. The molecule has 1 amide bonds. The van der Waals surface area contributed by atoms with E-state index in [1.165, 1.54) is 0 Å². The Morgan fingerprint density at radius 2 is 2.37 bits per heavy atom. The SMILES string of the molecule is CCCC(CCO)CNC(=O)c1cc(C2CC2)on1. The highest BCUT2D eigenvalue weighted by Gasteiger charge is 2.28. The van der Waals surface area contributed by atoms with Gasteiger partial charge in [0.05, 0.1) is 0 Å². The molecule has 0 aromatic carbocycles. The summed E-state index contributed by atoms with van der Waals surface area (Å²) in [5, 5.41) is 15.7. The van der Waals surface area contributed by atoms with Crippen LogP contribution < -0.4 is 5.32 Å². The number of nitrogens with zero attached hydrogens (tertiary/aromatic N) is 1. The zero-order valence-corrected chi connectivity index (χ0v) is 11.4. The second kappa shape index (κ2) is 6.70. The van der Waals surface area contributed by atoms with E-state index in [4.69, 9.17) is 9.63 Å². The van der Waals surface area contributed by atoms with Gasteiger partial charge in [0.15, 0.2) is 5.69 Å². The Bertz CT molecular complexity index is 407. The first kappa shape index (κ1) is 14.1. The summed E-state index contributed by atoms with van der Waals surface area (Å²) in [6, 6.07) is 1.74. The maximum absolute atomic E-state index is 11.9. The number of hydrogen-bond acceptors (Lipinski definition) is 4. The Balaban J connectivity index is 1.81. The van der Waals surface area contributed by atoms with Crippen LogP contribution in [-0.2, 0) is 0 Å². The maximum Gasteiger partial charge on any atom is 0.273 e. The standard InChI is InChI=1S/C14H22N2O3/c1-2-3-10(6-7-17)9-15-14(18)12-8-13(19-16-12)11-4-5-11/h8,10-11,17H,2-7,9H2,1H3,(H,15,18). The molecule has 0 radical (unpaired) electrons. The zero-order valence-electron chi connectivity index (χ0n) is 11.4. The molecule has 1 unspecified atom stereocenters. The predicted octanol–water partition coefficient (Wildman–Crippen LogP) is 2.08. The van der Waals surface area contributed by atoms with E-state index < -0.39 is 0 Å². The zero-order chi connectivity index (χ0) is 13.7. The summed E-state index contributed by atoms with van der Waals surface area (Å²) < 4.78 is 5.16. The van der Waals surface area contributed by atoms with Crippen LogP contribution in [0.2, 0.25) is 0 Å². The van der Waals surface area contributed by atoms with Gasteiger partial charge < -0.3 is 14.9 Å². The van der Waals surface area contributed by atoms with Crippen LogP contribution in [0.1, 0.15) is 61.2 Å². The predicted molar refractivity (Wildman–Crippen MR) is 70.9 cm³/mol. The Hall–Kier alpha value is -1.36. The molecule has 106 valence electrons. The molecule has 5 nitrogen and oxygen atoms in total. The minimum Gasteiger partial charge on any atom is -0.396 e. The van der Waals surface area contributed by atoms with Crippen molar-refractivity contribution >= 4 is 5.91 Å². The van der Waals surface area contributed by atoms with Gasteiger partial charge in [-0.25, -0.2) is 0 Å². The molecule has 1 fully saturated rings. The third-order valence-corrected chi connectivity index (χ3v) is 3.53. The molecule has 1 atom stereocenters. The van der Waals surface area contributed by atoms with E-state index in [1.54, 1.807) is 6.07 Å². The van der Waals surface area contributed by atoms with Crippen LogP contribution in [0.25, 0.3) is 0 Å². The summed E-state index contributed by atoms with van der Waals surface area (Å²) in [4.78, 5) is 11.9. The van der Waals surface area contributed by atoms with Gasteiger partial charge in [-0.2, -0.15) is 0 Å². The van der Waals surface area contributed by atoms with E-state index in [1.807, 2.05) is 0 Å². The molecule has 2 N–H and O–H groups in total. The van der Waals surface area contributed by atoms with Crippen molar-refractivity contribution in [3.8, 4) is 0 Å². The lowest BCUT2D eigenvalue weighted by Crippen LogP contribution is -2.30. The molecule has 0 aliphatic heterocycles. The maximum atomic E-state index is 11.9. The van der Waals surface area contributed by atoms with Gasteiger partial charge in [0.25, 0.3) is 5.91 Å². The first-order valence-corrected chi connectivity index (χ1v) is 7.10. The summed E-state index contributed by atoms with van der Waals surface area (Å²) in [5.41, 5.74) is 0.362. The molecule has 1 aliphatic rings. The minimum absolute atomic E-state index is 0.163. The first-order valence-electron chi connectivity index (χ1n) is 7.10. The Morgan fingerprint density at radius 3 is 3.00 bits per heavy atom. The lowest BCUT2D eigenvalue weighted by atomic mass is 10.0. The minimum atomic E-state index is -0.185. The van der Waals surface area contributed by atoms with Crippen molar-refractivity contribution < 1.29 is 14.4 Å². The Labute approximate surface area is 113 Å². The number of aromatic nitrogens is 1. The average molecular weight is 266 g/mol. The fourth-order valence-corrected chi connectivity index (χ4v) is 2.22. The van der Waals surface area contributed by atoms with Crippen molar-refractivity contribution in [2.45, 2.75) is 44.9 Å². The molecule has 19 heavy (non-hydrogen) atoms. The van der Waals surface area contributed by atoms with Gasteiger partial charge in [0.1, 0.15) is 5.76 Å². The van der Waals surface area contributed by atoms with E-state index >= 15 is 0 Å². The smallest absolute Gasteiger partial charge is 0.273 e. The summed E-state index contributed by atoms with van der Waals surface area (Å²) in [6.45, 7) is 2.85. The molecule has 5 heteroatoms. The van der Waals surface area contributed by atoms with Gasteiger partial charge in [-0.1, -0.05) is 18.5 Å². The highest BCUT2D eigenvalue weighted by atomic mass is 16.5. The molecular weight excluding hydrogens is 244 g/mol. The summed E-state index contributed by atoms with van der Waals surface area (Å²) in [7, 11) is 0. The topological polar surface area (TPSA) is 75.4 Å². The number of aliphatic hydroxyl groups is 1. The number of amides is 1. The van der Waals surface area contributed by atoms with Gasteiger partial charge in [-0.15, -0.1) is 0 Å². The highest BCUT2D eigenvalue weighted by molar-refractivity contribution is 5.92. The third-order valence-electron chi connectivity index (χ3n) is 3.53. The Kier molecular flexibility index (Phi) is 4.96. The number of carbonyl (C=O) groups excluding carboxylic acids is 1. The van der Waals surface area contributed by atoms with Crippen LogP contribution in [0.4, 0.5) is 0 Å². The van der Waals surface area contributed by atoms with Crippen molar-refractivity contribution in [2.24, 2.45) is 5.92 Å². The lowest BCUT2D eigenvalue weighted by molar-refractivity contribution is 0.0933. The van der Waals surface area contributed by atoms with Gasteiger partial charge in [0.2, 0.25) is 0 Å². The number of nitrogens with one attached hydrogen (secondary N) is 1. The molecule has 1 saturated carbocycles. The number of carbonyl (C=O) groups is 1. The second-order valence-electron chi connectivity index (χ2n) is 5.27. The van der Waals surface area contributed by atoms with E-state index in [0.717, 1.165) is 37.9 Å². The molecule has 2 rings (SSSR count). The van der Waals surface area contributed by atoms with Gasteiger partial charge in [0, 0.05) is 25.1 Å². The lowest BCUT2D eigenvalue weighted by Gasteiger charge is -2.14. The second-order valence-corrected chi connectivity index (χ2v) is 5.27. The molecule has 1 aromatic rings. The largest absolute Gasteiger partial charge is 0.396 e. The van der Waals surface area contributed by atoms with E-state index in [-0.39, 0.29) is 12.5 Å². The molecular formula is C14H22N2O3. The number of aliphatic hydroxyl groups excluding tert-OH is 1. The summed E-state index contributed by atoms with van der Waals surface area (Å²) >= 11 is 0. The molecule has 1 aromatic heterocycles. The number of rotatable bonds is 8. The molecule has 0 spiro atoms. The van der Waals surface area contributed by atoms with Gasteiger partial charge >= 0.3 is 0 Å². The van der Waals surface area contributed by atoms with E-state index in [0.29, 0.717) is 24.1 Å². The average Bonchev–Trinajstić information content (AvgIpc) is 3.14. The number of hydrogen-bond donors (Lipinski definition) is 2. The van der Waals surface area contributed by atoms with Crippen molar-refractivity contribution in [2.75, 3.05) is 13.2 Å². The van der Waals surface area contributed by atoms with Gasteiger partial charge in [-0.05, 0) is 31.6 Å². The van der Waals surface area contributed by atoms with E-state index in [2.05, 4.69) is 17.4 Å². The van der Waals surface area contributed by atoms with Crippen molar-refractivity contribution in [3.05, 3.63) is 17.5 Å². The van der Waals surface area contributed by atoms with E-state index in [9.17, 15) is 4.79 Å². The summed E-state index contributed by atoms with van der Waals surface area (Å²) in [5.74, 6) is 1.44. The monoisotopic (exact) mass is 266 g/mol. The molecule has 0 bridgehead atoms. The fourth-order valence-electron chi connectivity index (χ4n) is 2.22. The van der Waals surface area contributed by atoms with Crippen LogP contribution in [0.15, 0.2) is 10.6 Å². The van der Waals surface area contributed by atoms with Crippen LogP contribution in [0.3, 0.4) is 0 Å². The molecule has 1 heterocycles. The van der Waals surface area contributed by atoms with Crippen molar-refractivity contribution in [1.82, 2.24) is 10.5 Å². The molecule has 0 saturated heterocycles. The van der Waals surface area contributed by atoms with Crippen LogP contribution >= 0.6 is 0 Å². The van der Waals surface area contributed by atoms with Crippen LogP contribution in [0, 0.1) is 5.92 Å². The molecule has 1 aliphatic carbocycles. The van der Waals surface area contributed by atoms with Crippen LogP contribution in [-0.4, -0.2) is 29.3 Å². The van der Waals surface area contributed by atoms with Crippen LogP contribution in [0.5, 0.6) is 0 Å². The van der Waals surface area contributed by atoms with Crippen molar-refractivity contribution in [3.63, 3.8) is 0 Å². The highest BCUT2D eigenvalue weighted by Crippen LogP contribution is 2.40.